The van der Waals surface area contributed by atoms with E-state index in [1.54, 1.807) is 0 Å². The number of nitrogens with zero attached hydrogens (tertiary/aromatic N) is 3. The summed E-state index contributed by atoms with van der Waals surface area (Å²) in [6.07, 6.45) is 0.111. The average molecular weight is 450 g/mol. The van der Waals surface area contributed by atoms with Crippen LogP contribution in [0.3, 0.4) is 0 Å². The molecular formula is C27H35N3O3. The van der Waals surface area contributed by atoms with Gasteiger partial charge in [0.25, 0.3) is 0 Å². The first kappa shape index (κ1) is 24.5. The molecule has 0 N–H and O–H groups in total. The van der Waals surface area contributed by atoms with Crippen LogP contribution in [0.25, 0.3) is 22.5 Å². The van der Waals surface area contributed by atoms with Crippen molar-refractivity contribution in [2.75, 3.05) is 13.2 Å². The molecule has 1 heterocycles. The van der Waals surface area contributed by atoms with Crippen molar-refractivity contribution in [3.63, 3.8) is 0 Å². The highest BCUT2D eigenvalue weighted by Gasteiger charge is 2.24. The van der Waals surface area contributed by atoms with Gasteiger partial charge in [-0.3, -0.25) is 0 Å². The molecule has 2 aromatic carbocycles. The van der Waals surface area contributed by atoms with E-state index in [1.165, 1.54) is 0 Å². The van der Waals surface area contributed by atoms with Crippen LogP contribution in [-0.4, -0.2) is 34.5 Å². The Labute approximate surface area is 197 Å². The maximum atomic E-state index is 5.98. The van der Waals surface area contributed by atoms with E-state index in [4.69, 9.17) is 19.2 Å². The van der Waals surface area contributed by atoms with E-state index in [-0.39, 0.29) is 17.5 Å². The van der Waals surface area contributed by atoms with Crippen molar-refractivity contribution in [1.29, 1.82) is 0 Å². The van der Waals surface area contributed by atoms with Crippen LogP contribution in [0.15, 0.2) is 48.5 Å². The summed E-state index contributed by atoms with van der Waals surface area (Å²) < 4.78 is 17.3. The van der Waals surface area contributed by atoms with Crippen molar-refractivity contribution in [2.24, 2.45) is 11.3 Å². The van der Waals surface area contributed by atoms with Crippen molar-refractivity contribution in [2.45, 2.75) is 54.6 Å². The maximum Gasteiger partial charge on any atom is 0.336 e. The molecule has 0 saturated heterocycles. The normalized spacial score (nSPS) is 11.7. The average Bonchev–Trinajstić information content (AvgIpc) is 2.78. The molecule has 0 radical (unpaired) electrons. The van der Waals surface area contributed by atoms with E-state index in [2.05, 4.69) is 37.9 Å². The minimum absolute atomic E-state index is 0.00681. The highest BCUT2D eigenvalue weighted by atomic mass is 16.5. The van der Waals surface area contributed by atoms with Gasteiger partial charge in [0, 0.05) is 16.5 Å². The van der Waals surface area contributed by atoms with Gasteiger partial charge in [0.05, 0.1) is 19.3 Å². The molecule has 0 fully saturated rings. The molecule has 176 valence electrons. The number of aromatic nitrogens is 3. The zero-order valence-electron chi connectivity index (χ0n) is 20.8. The monoisotopic (exact) mass is 449 g/mol. The fourth-order valence-electron chi connectivity index (χ4n) is 3.02. The number of hydrogen-bond donors (Lipinski definition) is 0. The Bertz CT molecular complexity index is 1030. The van der Waals surface area contributed by atoms with Gasteiger partial charge in [-0.2, -0.15) is 4.98 Å². The first-order valence-electron chi connectivity index (χ1n) is 11.6. The lowest BCUT2D eigenvalue weighted by Gasteiger charge is -2.28. The molecule has 0 saturated carbocycles. The first-order valence-corrected chi connectivity index (χ1v) is 11.6. The van der Waals surface area contributed by atoms with Gasteiger partial charge in [-0.15, -0.1) is 5.10 Å². The Balaban J connectivity index is 1.98. The molecule has 0 aliphatic rings. The van der Waals surface area contributed by atoms with E-state index in [9.17, 15) is 0 Å². The molecule has 33 heavy (non-hydrogen) atoms. The van der Waals surface area contributed by atoms with Gasteiger partial charge in [0.1, 0.15) is 22.9 Å². The number of ether oxygens (including phenoxy) is 3. The summed E-state index contributed by atoms with van der Waals surface area (Å²) >= 11 is 0. The highest BCUT2D eigenvalue weighted by molar-refractivity contribution is 5.78. The van der Waals surface area contributed by atoms with E-state index >= 15 is 0 Å². The summed E-state index contributed by atoms with van der Waals surface area (Å²) in [6.45, 7) is 15.8. The Kier molecular flexibility index (Phi) is 7.90. The third-order valence-corrected chi connectivity index (χ3v) is 5.74. The van der Waals surface area contributed by atoms with E-state index in [0.717, 1.165) is 22.6 Å². The largest absolute Gasteiger partial charge is 0.494 e. The molecule has 0 unspecified atom stereocenters. The lowest BCUT2D eigenvalue weighted by Crippen LogP contribution is -2.27. The Hall–Kier alpha value is -3.15. The van der Waals surface area contributed by atoms with Gasteiger partial charge in [-0.25, -0.2) is 0 Å². The number of rotatable bonds is 10. The molecule has 0 aliphatic carbocycles. The minimum atomic E-state index is -0.00681. The molecule has 6 heteroatoms. The summed E-state index contributed by atoms with van der Waals surface area (Å²) in [5, 5.41) is 8.79. The van der Waals surface area contributed by atoms with Crippen molar-refractivity contribution < 1.29 is 14.2 Å². The summed E-state index contributed by atoms with van der Waals surface area (Å²) in [4.78, 5) is 4.76. The van der Waals surface area contributed by atoms with Crippen LogP contribution in [0.1, 0.15) is 48.5 Å². The summed E-state index contributed by atoms with van der Waals surface area (Å²) in [5.41, 5.74) is 3.21. The van der Waals surface area contributed by atoms with Crippen molar-refractivity contribution in [1.82, 2.24) is 15.2 Å². The molecule has 6 nitrogen and oxygen atoms in total. The van der Waals surface area contributed by atoms with Crippen molar-refractivity contribution >= 4 is 0 Å². The fourth-order valence-corrected chi connectivity index (χ4v) is 3.02. The SMILES string of the molecule is CCOc1ccc(-c2nnc(OCC(C)(C)C(C)C)nc2-c2ccc(OC(C)C)cc2)cc1. The van der Waals surface area contributed by atoms with Crippen LogP contribution >= 0.6 is 0 Å². The molecule has 0 spiro atoms. The Morgan fingerprint density at radius 3 is 1.88 bits per heavy atom. The zero-order chi connectivity index (χ0) is 24.0. The fraction of sp³-hybridized carbons (Fsp3) is 0.444. The van der Waals surface area contributed by atoms with Gasteiger partial charge in [0.2, 0.25) is 0 Å². The van der Waals surface area contributed by atoms with Crippen molar-refractivity contribution in [3.8, 4) is 40.0 Å². The molecule has 0 atom stereocenters. The topological polar surface area (TPSA) is 66.4 Å². The molecular weight excluding hydrogens is 414 g/mol. The smallest absolute Gasteiger partial charge is 0.336 e. The summed E-state index contributed by atoms with van der Waals surface area (Å²) in [7, 11) is 0. The lowest BCUT2D eigenvalue weighted by atomic mass is 9.82. The van der Waals surface area contributed by atoms with Crippen LogP contribution in [0.5, 0.6) is 17.5 Å². The molecule has 0 aliphatic heterocycles. The van der Waals surface area contributed by atoms with Crippen LogP contribution in [0, 0.1) is 11.3 Å². The second kappa shape index (κ2) is 10.6. The molecule has 3 aromatic rings. The minimum Gasteiger partial charge on any atom is -0.494 e. The van der Waals surface area contributed by atoms with Crippen LogP contribution in [-0.2, 0) is 0 Å². The number of hydrogen-bond acceptors (Lipinski definition) is 6. The van der Waals surface area contributed by atoms with Crippen molar-refractivity contribution in [3.05, 3.63) is 48.5 Å². The van der Waals surface area contributed by atoms with Crippen LogP contribution in [0.2, 0.25) is 0 Å². The first-order chi connectivity index (χ1) is 15.7. The highest BCUT2D eigenvalue weighted by Crippen LogP contribution is 2.32. The lowest BCUT2D eigenvalue weighted by molar-refractivity contribution is 0.121. The summed E-state index contributed by atoms with van der Waals surface area (Å²) in [5.74, 6) is 2.09. The molecule has 1 aromatic heterocycles. The molecule has 3 rings (SSSR count). The zero-order valence-corrected chi connectivity index (χ0v) is 20.8. The third-order valence-electron chi connectivity index (χ3n) is 5.74. The molecule has 0 amide bonds. The quantitative estimate of drug-likeness (QED) is 0.354. The van der Waals surface area contributed by atoms with Crippen LogP contribution < -0.4 is 14.2 Å². The van der Waals surface area contributed by atoms with Gasteiger partial charge >= 0.3 is 6.01 Å². The van der Waals surface area contributed by atoms with Crippen LogP contribution in [0.4, 0.5) is 0 Å². The standard InChI is InChI=1S/C27H35N3O3/c1-8-31-22-13-9-21(10-14-22)25-24(20-11-15-23(16-12-20)33-19(4)5)28-26(30-29-25)32-17-27(6,7)18(2)3/h9-16,18-19H,8,17H2,1-7H3. The van der Waals surface area contributed by atoms with Gasteiger partial charge in [-0.1, -0.05) is 32.8 Å². The van der Waals surface area contributed by atoms with Gasteiger partial charge in [-0.05, 0) is 75.2 Å². The van der Waals surface area contributed by atoms with E-state index < -0.39 is 0 Å². The van der Waals surface area contributed by atoms with E-state index in [1.807, 2.05) is 69.3 Å². The summed E-state index contributed by atoms with van der Waals surface area (Å²) in [6, 6.07) is 15.9. The predicted octanol–water partition coefficient (Wildman–Crippen LogP) is 6.45. The van der Waals surface area contributed by atoms with Gasteiger partial charge < -0.3 is 14.2 Å². The second-order valence-electron chi connectivity index (χ2n) is 9.37. The maximum absolute atomic E-state index is 5.98. The Morgan fingerprint density at radius 2 is 1.33 bits per heavy atom. The molecule has 0 bridgehead atoms. The Morgan fingerprint density at radius 1 is 0.758 bits per heavy atom. The second-order valence-corrected chi connectivity index (χ2v) is 9.37. The van der Waals surface area contributed by atoms with Gasteiger partial charge in [0.15, 0.2) is 0 Å². The third kappa shape index (κ3) is 6.44. The predicted molar refractivity (Wildman–Crippen MR) is 132 cm³/mol. The number of benzene rings is 2. The van der Waals surface area contributed by atoms with E-state index in [0.29, 0.717) is 30.5 Å².